The van der Waals surface area contributed by atoms with Gasteiger partial charge in [-0.05, 0) is 31.7 Å². The summed E-state index contributed by atoms with van der Waals surface area (Å²) in [6, 6.07) is 2.13. The zero-order valence-corrected chi connectivity index (χ0v) is 11.5. The monoisotopic (exact) mass is 273 g/mol. The molecule has 1 saturated heterocycles. The van der Waals surface area contributed by atoms with Crippen molar-refractivity contribution in [1.29, 1.82) is 0 Å². The average molecular weight is 273 g/mol. The Balaban J connectivity index is 1.69. The number of nitrogens with two attached hydrogens (primary N) is 1. The third-order valence-electron chi connectivity index (χ3n) is 3.90. The summed E-state index contributed by atoms with van der Waals surface area (Å²) in [4.78, 5) is 6.74. The molecule has 7 nitrogen and oxygen atoms in total. The van der Waals surface area contributed by atoms with E-state index in [1.807, 2.05) is 6.07 Å². The number of anilines is 1. The zero-order chi connectivity index (χ0) is 13.9. The first-order valence-electron chi connectivity index (χ1n) is 6.94. The van der Waals surface area contributed by atoms with Gasteiger partial charge in [-0.25, -0.2) is 0 Å². The molecule has 0 aliphatic carbocycles. The van der Waals surface area contributed by atoms with Crippen molar-refractivity contribution in [1.82, 2.24) is 25.4 Å². The molecule has 3 heterocycles. The Morgan fingerprint density at radius 2 is 2.15 bits per heavy atom. The van der Waals surface area contributed by atoms with E-state index in [-0.39, 0.29) is 6.04 Å². The SMILES string of the molecule is CC(N)C1CCN(c2n[nH]c(-c3ccnnc3)n2)CC1. The number of piperidine rings is 1. The summed E-state index contributed by atoms with van der Waals surface area (Å²) in [5.41, 5.74) is 6.86. The van der Waals surface area contributed by atoms with Crippen molar-refractivity contribution in [3.05, 3.63) is 18.5 Å². The van der Waals surface area contributed by atoms with Gasteiger partial charge in [-0.15, -0.1) is 5.10 Å². The van der Waals surface area contributed by atoms with E-state index in [2.05, 4.69) is 37.2 Å². The molecule has 3 N–H and O–H groups in total. The number of hydrogen-bond donors (Lipinski definition) is 2. The molecule has 1 unspecified atom stereocenters. The van der Waals surface area contributed by atoms with E-state index in [9.17, 15) is 0 Å². The van der Waals surface area contributed by atoms with Gasteiger partial charge in [-0.2, -0.15) is 15.2 Å². The molecule has 1 aliphatic heterocycles. The number of nitrogens with zero attached hydrogens (tertiary/aromatic N) is 5. The number of H-pyrrole nitrogens is 1. The van der Waals surface area contributed by atoms with Gasteiger partial charge >= 0.3 is 0 Å². The van der Waals surface area contributed by atoms with Gasteiger partial charge in [0.25, 0.3) is 0 Å². The van der Waals surface area contributed by atoms with Gasteiger partial charge < -0.3 is 10.6 Å². The fraction of sp³-hybridized carbons (Fsp3) is 0.538. The standard InChI is InChI=1S/C13H19N7/c1-9(14)10-3-6-20(7-4-10)13-17-12(18-19-13)11-2-5-15-16-8-11/h2,5,8-10H,3-4,6-7,14H2,1H3,(H,17,18,19). The third kappa shape index (κ3) is 2.62. The fourth-order valence-corrected chi connectivity index (χ4v) is 2.58. The van der Waals surface area contributed by atoms with E-state index < -0.39 is 0 Å². The Morgan fingerprint density at radius 3 is 2.80 bits per heavy atom. The van der Waals surface area contributed by atoms with E-state index in [1.165, 1.54) is 0 Å². The first-order valence-corrected chi connectivity index (χ1v) is 6.94. The van der Waals surface area contributed by atoms with E-state index >= 15 is 0 Å². The van der Waals surface area contributed by atoms with Crippen molar-refractivity contribution in [3.8, 4) is 11.4 Å². The first kappa shape index (κ1) is 13.0. The van der Waals surface area contributed by atoms with Gasteiger partial charge in [0.2, 0.25) is 5.95 Å². The molecule has 0 spiro atoms. The first-order chi connectivity index (χ1) is 9.74. The Morgan fingerprint density at radius 1 is 1.35 bits per heavy atom. The smallest absolute Gasteiger partial charge is 0.245 e. The van der Waals surface area contributed by atoms with Gasteiger partial charge in [0.1, 0.15) is 0 Å². The fourth-order valence-electron chi connectivity index (χ4n) is 2.58. The summed E-state index contributed by atoms with van der Waals surface area (Å²) in [5.74, 6) is 2.08. The molecule has 7 heteroatoms. The molecule has 1 fully saturated rings. The summed E-state index contributed by atoms with van der Waals surface area (Å²) in [5, 5.41) is 14.9. The molecule has 2 aromatic rings. The zero-order valence-electron chi connectivity index (χ0n) is 11.5. The largest absolute Gasteiger partial charge is 0.340 e. The van der Waals surface area contributed by atoms with Crippen LogP contribution in [0.5, 0.6) is 0 Å². The second kappa shape index (κ2) is 5.54. The van der Waals surface area contributed by atoms with Gasteiger partial charge in [-0.3, -0.25) is 5.10 Å². The van der Waals surface area contributed by atoms with E-state index in [0.717, 1.165) is 43.3 Å². The molecule has 0 amide bonds. The van der Waals surface area contributed by atoms with Crippen LogP contribution < -0.4 is 10.6 Å². The van der Waals surface area contributed by atoms with Crippen LogP contribution in [0.4, 0.5) is 5.95 Å². The lowest BCUT2D eigenvalue weighted by molar-refractivity contribution is 0.352. The molecule has 0 aromatic carbocycles. The predicted molar refractivity (Wildman–Crippen MR) is 76.0 cm³/mol. The van der Waals surface area contributed by atoms with Gasteiger partial charge in [0.15, 0.2) is 5.82 Å². The molecule has 0 bridgehead atoms. The number of hydrogen-bond acceptors (Lipinski definition) is 6. The maximum atomic E-state index is 5.96. The molecule has 20 heavy (non-hydrogen) atoms. The maximum Gasteiger partial charge on any atom is 0.245 e. The molecular weight excluding hydrogens is 254 g/mol. The maximum absolute atomic E-state index is 5.96. The summed E-state index contributed by atoms with van der Waals surface area (Å²) < 4.78 is 0. The van der Waals surface area contributed by atoms with E-state index in [1.54, 1.807) is 12.4 Å². The summed E-state index contributed by atoms with van der Waals surface area (Å²) in [6.45, 7) is 4.00. The minimum absolute atomic E-state index is 0.266. The number of aromatic nitrogens is 5. The van der Waals surface area contributed by atoms with Gasteiger partial charge in [0.05, 0.1) is 12.4 Å². The lowest BCUT2D eigenvalue weighted by Crippen LogP contribution is -2.40. The van der Waals surface area contributed by atoms with Crippen molar-refractivity contribution in [2.24, 2.45) is 11.7 Å². The van der Waals surface area contributed by atoms with Crippen LogP contribution in [0.25, 0.3) is 11.4 Å². The average Bonchev–Trinajstić information content (AvgIpc) is 2.98. The highest BCUT2D eigenvalue weighted by Gasteiger charge is 2.24. The van der Waals surface area contributed by atoms with Crippen molar-refractivity contribution in [3.63, 3.8) is 0 Å². The van der Waals surface area contributed by atoms with Crippen LogP contribution in [0.3, 0.4) is 0 Å². The Kier molecular flexibility index (Phi) is 3.60. The van der Waals surface area contributed by atoms with Crippen LogP contribution in [-0.4, -0.2) is 44.5 Å². The highest BCUT2D eigenvalue weighted by Crippen LogP contribution is 2.23. The Labute approximate surface area is 117 Å². The summed E-state index contributed by atoms with van der Waals surface area (Å²) >= 11 is 0. The number of rotatable bonds is 3. The van der Waals surface area contributed by atoms with Crippen molar-refractivity contribution in [2.45, 2.75) is 25.8 Å². The van der Waals surface area contributed by atoms with Gasteiger partial charge in [0, 0.05) is 24.7 Å². The van der Waals surface area contributed by atoms with Crippen LogP contribution in [0.15, 0.2) is 18.5 Å². The molecule has 1 aliphatic rings. The minimum Gasteiger partial charge on any atom is -0.340 e. The third-order valence-corrected chi connectivity index (χ3v) is 3.90. The van der Waals surface area contributed by atoms with Gasteiger partial charge in [-0.1, -0.05) is 0 Å². The molecule has 3 rings (SSSR count). The Bertz CT molecular complexity index is 543. The molecule has 0 radical (unpaired) electrons. The molecule has 106 valence electrons. The van der Waals surface area contributed by atoms with Crippen LogP contribution in [0.1, 0.15) is 19.8 Å². The highest BCUT2D eigenvalue weighted by atomic mass is 15.4. The lowest BCUT2D eigenvalue weighted by atomic mass is 9.91. The van der Waals surface area contributed by atoms with Crippen molar-refractivity contribution < 1.29 is 0 Å². The van der Waals surface area contributed by atoms with Crippen LogP contribution in [0, 0.1) is 5.92 Å². The molecule has 0 saturated carbocycles. The molecule has 2 aromatic heterocycles. The predicted octanol–water partition coefficient (Wildman–Crippen LogP) is 0.825. The van der Waals surface area contributed by atoms with Crippen LogP contribution in [-0.2, 0) is 0 Å². The molecule has 1 atom stereocenters. The normalized spacial score (nSPS) is 18.2. The Hall–Kier alpha value is -2.02. The van der Waals surface area contributed by atoms with Crippen LogP contribution >= 0.6 is 0 Å². The second-order valence-electron chi connectivity index (χ2n) is 5.30. The quantitative estimate of drug-likeness (QED) is 0.859. The van der Waals surface area contributed by atoms with Crippen molar-refractivity contribution >= 4 is 5.95 Å². The second-order valence-corrected chi connectivity index (χ2v) is 5.30. The van der Waals surface area contributed by atoms with E-state index in [4.69, 9.17) is 5.73 Å². The van der Waals surface area contributed by atoms with Crippen molar-refractivity contribution in [2.75, 3.05) is 18.0 Å². The van der Waals surface area contributed by atoms with Crippen LogP contribution in [0.2, 0.25) is 0 Å². The number of aromatic amines is 1. The summed E-state index contributed by atoms with van der Waals surface area (Å²) in [7, 11) is 0. The van der Waals surface area contributed by atoms with E-state index in [0.29, 0.717) is 5.92 Å². The number of nitrogens with one attached hydrogen (secondary N) is 1. The summed E-state index contributed by atoms with van der Waals surface area (Å²) in [6.07, 6.45) is 5.51. The minimum atomic E-state index is 0.266. The topological polar surface area (TPSA) is 96.6 Å². The lowest BCUT2D eigenvalue weighted by Gasteiger charge is -2.32. The highest BCUT2D eigenvalue weighted by molar-refractivity contribution is 5.54. The molecular formula is C13H19N7.